The molecule has 1 fully saturated rings. The van der Waals surface area contributed by atoms with Crippen LogP contribution in [0.5, 0.6) is 5.75 Å². The number of aromatic amines is 1. The molecule has 2 atom stereocenters. The van der Waals surface area contributed by atoms with Crippen LogP contribution in [0, 0.1) is 5.92 Å². The smallest absolute Gasteiger partial charge is 0.410 e. The zero-order valence-corrected chi connectivity index (χ0v) is 22.9. The van der Waals surface area contributed by atoms with E-state index in [2.05, 4.69) is 16.9 Å². The molecule has 1 saturated heterocycles. The SMILES string of the molecule is CC1CN(c2ccc(-n3ccc(OCc4ccc(Cl)cn4)cc3=O)c(=O)[nH]2)CC1N(C)C(=O)OC(C)(C)C. The average Bonchev–Trinajstić information content (AvgIpc) is 3.24. The van der Waals surface area contributed by atoms with Crippen molar-refractivity contribution in [1.29, 1.82) is 0 Å². The summed E-state index contributed by atoms with van der Waals surface area (Å²) in [6, 6.07) is 9.69. The Morgan fingerprint density at radius 1 is 1.18 bits per heavy atom. The second kappa shape index (κ2) is 10.9. The summed E-state index contributed by atoms with van der Waals surface area (Å²) in [7, 11) is 1.73. The van der Waals surface area contributed by atoms with Crippen molar-refractivity contribution in [2.45, 2.75) is 45.9 Å². The van der Waals surface area contributed by atoms with Crippen molar-refractivity contribution in [3.05, 3.63) is 80.2 Å². The van der Waals surface area contributed by atoms with Crippen LogP contribution < -0.4 is 20.8 Å². The van der Waals surface area contributed by atoms with Crippen LogP contribution in [0.3, 0.4) is 0 Å². The fourth-order valence-electron chi connectivity index (χ4n) is 4.35. The van der Waals surface area contributed by atoms with Crippen molar-refractivity contribution in [3.8, 4) is 11.4 Å². The number of hydrogen-bond acceptors (Lipinski definition) is 7. The fourth-order valence-corrected chi connectivity index (χ4v) is 4.46. The Hall–Kier alpha value is -3.79. The van der Waals surface area contributed by atoms with E-state index in [4.69, 9.17) is 21.1 Å². The molecule has 0 saturated carbocycles. The lowest BCUT2D eigenvalue weighted by Crippen LogP contribution is -2.44. The van der Waals surface area contributed by atoms with Gasteiger partial charge in [0.15, 0.2) is 0 Å². The van der Waals surface area contributed by atoms with Gasteiger partial charge >= 0.3 is 6.09 Å². The molecule has 1 amide bonds. The minimum Gasteiger partial charge on any atom is -0.487 e. The van der Waals surface area contributed by atoms with Crippen molar-refractivity contribution < 1.29 is 14.3 Å². The molecule has 0 aliphatic carbocycles. The Labute approximate surface area is 225 Å². The van der Waals surface area contributed by atoms with Crippen LogP contribution in [-0.4, -0.2) is 57.3 Å². The van der Waals surface area contributed by atoms with Crippen LogP contribution >= 0.6 is 11.6 Å². The van der Waals surface area contributed by atoms with Crippen molar-refractivity contribution in [1.82, 2.24) is 19.4 Å². The highest BCUT2D eigenvalue weighted by Gasteiger charge is 2.36. The lowest BCUT2D eigenvalue weighted by molar-refractivity contribution is 0.0208. The third kappa shape index (κ3) is 6.36. The summed E-state index contributed by atoms with van der Waals surface area (Å²) in [5.74, 6) is 1.14. The highest BCUT2D eigenvalue weighted by Crippen LogP contribution is 2.26. The van der Waals surface area contributed by atoms with Gasteiger partial charge in [-0.05, 0) is 57.0 Å². The Balaban J connectivity index is 1.45. The summed E-state index contributed by atoms with van der Waals surface area (Å²) < 4.78 is 12.4. The normalized spacial score (nSPS) is 17.4. The monoisotopic (exact) mass is 541 g/mol. The van der Waals surface area contributed by atoms with E-state index in [-0.39, 0.29) is 30.3 Å². The summed E-state index contributed by atoms with van der Waals surface area (Å²) in [6.07, 6.45) is 2.65. The molecule has 2 unspecified atom stereocenters. The molecule has 38 heavy (non-hydrogen) atoms. The van der Waals surface area contributed by atoms with Crippen molar-refractivity contribution >= 4 is 23.5 Å². The molecule has 3 aromatic heterocycles. The molecule has 4 rings (SSSR count). The molecule has 10 nitrogen and oxygen atoms in total. The van der Waals surface area contributed by atoms with E-state index < -0.39 is 16.7 Å². The minimum absolute atomic E-state index is 0.0775. The van der Waals surface area contributed by atoms with Crippen molar-refractivity contribution in [2.75, 3.05) is 25.0 Å². The Kier molecular flexibility index (Phi) is 7.82. The number of nitrogens with zero attached hydrogens (tertiary/aromatic N) is 4. The maximum absolute atomic E-state index is 13.0. The van der Waals surface area contributed by atoms with E-state index in [9.17, 15) is 14.4 Å². The van der Waals surface area contributed by atoms with Gasteiger partial charge in [0.2, 0.25) is 0 Å². The number of pyridine rings is 3. The third-order valence-electron chi connectivity index (χ3n) is 6.29. The number of amides is 1. The minimum atomic E-state index is -0.579. The third-order valence-corrected chi connectivity index (χ3v) is 6.52. The number of aromatic nitrogens is 3. The molecule has 0 spiro atoms. The molecule has 4 heterocycles. The second-order valence-corrected chi connectivity index (χ2v) is 10.9. The van der Waals surface area contributed by atoms with E-state index in [0.717, 1.165) is 0 Å². The Morgan fingerprint density at radius 3 is 2.58 bits per heavy atom. The van der Waals surface area contributed by atoms with Crippen molar-refractivity contribution in [3.63, 3.8) is 0 Å². The number of rotatable bonds is 6. The summed E-state index contributed by atoms with van der Waals surface area (Å²) in [5.41, 5.74) is -0.524. The molecule has 1 N–H and O–H groups in total. The standard InChI is InChI=1S/C27H32ClN5O5/c1-17-14-32(15-22(17)31(5)26(36)38-27(2,3)4)23-9-8-21(25(35)30-23)33-11-10-20(12-24(33)34)37-16-19-7-6-18(28)13-29-19/h6-13,17,22H,14-16H2,1-5H3,(H,30,35). The van der Waals surface area contributed by atoms with Gasteiger partial charge in [-0.3, -0.25) is 19.1 Å². The number of carbonyl (C=O) groups excluding carboxylic acids is 1. The fraction of sp³-hybridized carbons (Fsp3) is 0.407. The Bertz CT molecular complexity index is 1410. The maximum atomic E-state index is 13.0. The second-order valence-electron chi connectivity index (χ2n) is 10.4. The van der Waals surface area contributed by atoms with Crippen LogP contribution in [0.25, 0.3) is 5.69 Å². The van der Waals surface area contributed by atoms with E-state index in [0.29, 0.717) is 35.4 Å². The lowest BCUT2D eigenvalue weighted by atomic mass is 10.1. The first-order valence-corrected chi connectivity index (χ1v) is 12.7. The van der Waals surface area contributed by atoms with Crippen LogP contribution in [-0.2, 0) is 11.3 Å². The zero-order valence-electron chi connectivity index (χ0n) is 22.1. The Morgan fingerprint density at radius 2 is 1.95 bits per heavy atom. The average molecular weight is 542 g/mol. The van der Waals surface area contributed by atoms with Gasteiger partial charge in [0.05, 0.1) is 16.8 Å². The van der Waals surface area contributed by atoms with Gasteiger partial charge < -0.3 is 24.3 Å². The largest absolute Gasteiger partial charge is 0.487 e. The number of nitrogens with one attached hydrogen (secondary N) is 1. The molecule has 11 heteroatoms. The molecule has 1 aliphatic rings. The zero-order chi connectivity index (χ0) is 27.6. The predicted octanol–water partition coefficient (Wildman–Crippen LogP) is 3.84. The van der Waals surface area contributed by atoms with Gasteiger partial charge in [-0.2, -0.15) is 0 Å². The summed E-state index contributed by atoms with van der Waals surface area (Å²) in [5, 5.41) is 0.528. The van der Waals surface area contributed by atoms with Crippen LogP contribution in [0.15, 0.2) is 58.4 Å². The highest BCUT2D eigenvalue weighted by atomic mass is 35.5. The first-order chi connectivity index (χ1) is 17.9. The van der Waals surface area contributed by atoms with Gasteiger partial charge in [-0.1, -0.05) is 18.5 Å². The van der Waals surface area contributed by atoms with E-state index in [1.807, 2.05) is 25.7 Å². The molecule has 0 radical (unpaired) electrons. The highest BCUT2D eigenvalue weighted by molar-refractivity contribution is 6.30. The molecule has 0 bridgehead atoms. The molecular weight excluding hydrogens is 510 g/mol. The van der Waals surface area contributed by atoms with E-state index in [1.165, 1.54) is 23.0 Å². The molecule has 1 aliphatic heterocycles. The number of likely N-dealkylation sites (N-methyl/N-ethyl adjacent to an activating group) is 1. The van der Waals surface area contributed by atoms with Gasteiger partial charge in [0, 0.05) is 38.6 Å². The number of anilines is 1. The number of carbonyl (C=O) groups is 1. The lowest BCUT2D eigenvalue weighted by Gasteiger charge is -2.30. The molecule has 0 aromatic carbocycles. The molecule has 202 valence electrons. The van der Waals surface area contributed by atoms with Gasteiger partial charge in [-0.25, -0.2) is 4.79 Å². The maximum Gasteiger partial charge on any atom is 0.410 e. The number of ether oxygens (including phenoxy) is 2. The number of hydrogen-bond donors (Lipinski definition) is 1. The summed E-state index contributed by atoms with van der Waals surface area (Å²) in [4.78, 5) is 48.9. The first-order valence-electron chi connectivity index (χ1n) is 12.3. The van der Waals surface area contributed by atoms with Crippen LogP contribution in [0.1, 0.15) is 33.4 Å². The summed E-state index contributed by atoms with van der Waals surface area (Å²) >= 11 is 5.84. The van der Waals surface area contributed by atoms with E-state index >= 15 is 0 Å². The first kappa shape index (κ1) is 27.3. The van der Waals surface area contributed by atoms with E-state index in [1.54, 1.807) is 42.3 Å². The van der Waals surface area contributed by atoms with Gasteiger partial charge in [0.25, 0.3) is 11.1 Å². The van der Waals surface area contributed by atoms with Crippen LogP contribution in [0.2, 0.25) is 5.02 Å². The summed E-state index contributed by atoms with van der Waals surface area (Å²) in [6.45, 7) is 8.93. The molecular formula is C27H32ClN5O5. The van der Waals surface area contributed by atoms with Gasteiger partial charge in [0.1, 0.15) is 29.5 Å². The topological polar surface area (TPSA) is 110 Å². The molecule has 3 aromatic rings. The van der Waals surface area contributed by atoms with Crippen molar-refractivity contribution in [2.24, 2.45) is 5.92 Å². The number of halogens is 1. The predicted molar refractivity (Wildman–Crippen MR) is 145 cm³/mol. The van der Waals surface area contributed by atoms with Crippen LogP contribution in [0.4, 0.5) is 10.6 Å². The van der Waals surface area contributed by atoms with Gasteiger partial charge in [-0.15, -0.1) is 0 Å². The quantitative estimate of drug-likeness (QED) is 0.505. The number of H-pyrrole nitrogens is 1.